The molecule has 2 aromatic rings. The van der Waals surface area contributed by atoms with Crippen LogP contribution in [0.1, 0.15) is 28.9 Å². The zero-order chi connectivity index (χ0) is 16.1. The summed E-state index contributed by atoms with van der Waals surface area (Å²) in [5.41, 5.74) is 7.48. The highest BCUT2D eigenvalue weighted by molar-refractivity contribution is 5.94. The number of nitrogens with zero attached hydrogens (tertiary/aromatic N) is 2. The quantitative estimate of drug-likeness (QED) is 0.940. The highest BCUT2D eigenvalue weighted by Crippen LogP contribution is 2.17. The van der Waals surface area contributed by atoms with Crippen molar-refractivity contribution in [2.24, 2.45) is 5.73 Å². The van der Waals surface area contributed by atoms with E-state index >= 15 is 0 Å². The first-order chi connectivity index (χ1) is 11.2. The lowest BCUT2D eigenvalue weighted by molar-refractivity contribution is 0.0709. The molecule has 0 spiro atoms. The number of ether oxygens (including phenoxy) is 1. The molecule has 2 heterocycles. The van der Waals surface area contributed by atoms with Crippen LogP contribution >= 0.6 is 0 Å². The maximum absolute atomic E-state index is 12.5. The van der Waals surface area contributed by atoms with Crippen LogP contribution in [0.4, 0.5) is 0 Å². The summed E-state index contributed by atoms with van der Waals surface area (Å²) in [6.07, 6.45) is 3.70. The van der Waals surface area contributed by atoms with E-state index in [2.05, 4.69) is 4.98 Å². The van der Waals surface area contributed by atoms with Gasteiger partial charge in [0.25, 0.3) is 5.91 Å². The van der Waals surface area contributed by atoms with Gasteiger partial charge < -0.3 is 15.4 Å². The number of piperidine rings is 1. The lowest BCUT2D eigenvalue weighted by atomic mass is 10.1. The van der Waals surface area contributed by atoms with Crippen LogP contribution in [0.2, 0.25) is 0 Å². The van der Waals surface area contributed by atoms with Crippen molar-refractivity contribution in [3.05, 3.63) is 59.9 Å². The number of benzene rings is 1. The number of nitrogens with two attached hydrogens (primary N) is 1. The van der Waals surface area contributed by atoms with E-state index in [4.69, 9.17) is 10.5 Å². The van der Waals surface area contributed by atoms with Crippen LogP contribution in [0.15, 0.2) is 48.7 Å². The molecule has 0 bridgehead atoms. The minimum atomic E-state index is 0.0384. The molecule has 1 aromatic heterocycles. The topological polar surface area (TPSA) is 68.5 Å². The highest BCUT2D eigenvalue weighted by Gasteiger charge is 2.22. The van der Waals surface area contributed by atoms with Crippen LogP contribution in [-0.4, -0.2) is 34.9 Å². The van der Waals surface area contributed by atoms with Crippen LogP contribution in [0.5, 0.6) is 5.75 Å². The molecule has 1 fully saturated rings. The average Bonchev–Trinajstić information content (AvgIpc) is 2.61. The molecule has 1 atom stereocenters. The zero-order valence-electron chi connectivity index (χ0n) is 13.0. The van der Waals surface area contributed by atoms with E-state index in [9.17, 15) is 4.79 Å². The van der Waals surface area contributed by atoms with E-state index in [1.165, 1.54) is 0 Å². The highest BCUT2D eigenvalue weighted by atomic mass is 16.5. The molecule has 1 aliphatic heterocycles. The molecular weight excluding hydrogens is 290 g/mol. The van der Waals surface area contributed by atoms with Crippen LogP contribution in [0.25, 0.3) is 0 Å². The molecule has 5 heteroatoms. The Morgan fingerprint density at radius 3 is 2.78 bits per heavy atom. The van der Waals surface area contributed by atoms with E-state index in [1.807, 2.05) is 35.2 Å². The molecule has 1 unspecified atom stereocenters. The molecule has 1 aliphatic rings. The van der Waals surface area contributed by atoms with E-state index in [-0.39, 0.29) is 11.9 Å². The number of carbonyl (C=O) groups excluding carboxylic acids is 1. The Bertz CT molecular complexity index is 643. The standard InChI is InChI=1S/C18H21N3O2/c19-15-4-3-11-21(12-15)18(22)14-6-8-17(9-7-14)23-13-16-5-1-2-10-20-16/h1-2,5-10,15H,3-4,11-13,19H2. The number of rotatable bonds is 4. The molecule has 23 heavy (non-hydrogen) atoms. The van der Waals surface area contributed by atoms with Crippen LogP contribution in [-0.2, 0) is 6.61 Å². The van der Waals surface area contributed by atoms with Crippen molar-refractivity contribution in [3.8, 4) is 5.75 Å². The van der Waals surface area contributed by atoms with Crippen molar-refractivity contribution in [1.82, 2.24) is 9.88 Å². The van der Waals surface area contributed by atoms with Gasteiger partial charge in [-0.2, -0.15) is 0 Å². The van der Waals surface area contributed by atoms with E-state index in [0.717, 1.165) is 30.8 Å². The number of pyridine rings is 1. The summed E-state index contributed by atoms with van der Waals surface area (Å²) in [6.45, 7) is 1.83. The Balaban J connectivity index is 1.59. The van der Waals surface area contributed by atoms with Crippen LogP contribution in [0, 0.1) is 0 Å². The molecule has 1 aromatic carbocycles. The summed E-state index contributed by atoms with van der Waals surface area (Å²) in [5.74, 6) is 0.763. The summed E-state index contributed by atoms with van der Waals surface area (Å²) in [7, 11) is 0. The van der Waals surface area contributed by atoms with E-state index in [0.29, 0.717) is 18.7 Å². The predicted octanol–water partition coefficient (Wildman–Crippen LogP) is 2.22. The van der Waals surface area contributed by atoms with Crippen molar-refractivity contribution in [1.29, 1.82) is 0 Å². The van der Waals surface area contributed by atoms with Crippen molar-refractivity contribution >= 4 is 5.91 Å². The molecule has 0 saturated carbocycles. The fourth-order valence-electron chi connectivity index (χ4n) is 2.71. The third kappa shape index (κ3) is 4.07. The van der Waals surface area contributed by atoms with Gasteiger partial charge in [0, 0.05) is 30.9 Å². The first kappa shape index (κ1) is 15.5. The SMILES string of the molecule is NC1CCCN(C(=O)c2ccc(OCc3ccccn3)cc2)C1. The van der Waals surface area contributed by atoms with Gasteiger partial charge in [-0.1, -0.05) is 6.07 Å². The molecule has 1 amide bonds. The Morgan fingerprint density at radius 2 is 2.09 bits per heavy atom. The first-order valence-corrected chi connectivity index (χ1v) is 7.90. The van der Waals surface area contributed by atoms with Gasteiger partial charge in [-0.25, -0.2) is 0 Å². The number of likely N-dealkylation sites (tertiary alicyclic amines) is 1. The average molecular weight is 311 g/mol. The second kappa shape index (κ2) is 7.24. The maximum atomic E-state index is 12.5. The largest absolute Gasteiger partial charge is 0.487 e. The zero-order valence-corrected chi connectivity index (χ0v) is 13.0. The van der Waals surface area contributed by atoms with E-state index < -0.39 is 0 Å². The second-order valence-electron chi connectivity index (χ2n) is 5.79. The third-order valence-electron chi connectivity index (χ3n) is 3.96. The molecule has 120 valence electrons. The van der Waals surface area contributed by atoms with Gasteiger partial charge in [0.2, 0.25) is 0 Å². The van der Waals surface area contributed by atoms with Crippen LogP contribution in [0.3, 0.4) is 0 Å². The van der Waals surface area contributed by atoms with Crippen molar-refractivity contribution in [2.75, 3.05) is 13.1 Å². The smallest absolute Gasteiger partial charge is 0.253 e. The van der Waals surface area contributed by atoms with Gasteiger partial charge in [0.05, 0.1) is 5.69 Å². The summed E-state index contributed by atoms with van der Waals surface area (Å²) >= 11 is 0. The van der Waals surface area contributed by atoms with Gasteiger partial charge >= 0.3 is 0 Å². The number of amides is 1. The number of carbonyl (C=O) groups is 1. The van der Waals surface area contributed by atoms with Gasteiger partial charge in [-0.05, 0) is 49.2 Å². The normalized spacial score (nSPS) is 17.8. The summed E-state index contributed by atoms with van der Waals surface area (Å²) in [4.78, 5) is 18.5. The van der Waals surface area contributed by atoms with Crippen molar-refractivity contribution in [3.63, 3.8) is 0 Å². The Kier molecular flexibility index (Phi) is 4.88. The van der Waals surface area contributed by atoms with E-state index in [1.54, 1.807) is 18.3 Å². The Morgan fingerprint density at radius 1 is 1.26 bits per heavy atom. The monoisotopic (exact) mass is 311 g/mol. The van der Waals surface area contributed by atoms with Crippen molar-refractivity contribution in [2.45, 2.75) is 25.5 Å². The molecule has 0 aliphatic carbocycles. The molecule has 5 nitrogen and oxygen atoms in total. The molecule has 1 saturated heterocycles. The number of hydrogen-bond donors (Lipinski definition) is 1. The Hall–Kier alpha value is -2.40. The predicted molar refractivity (Wildman–Crippen MR) is 88.1 cm³/mol. The van der Waals surface area contributed by atoms with Crippen LogP contribution < -0.4 is 10.5 Å². The van der Waals surface area contributed by atoms with Gasteiger partial charge in [-0.3, -0.25) is 9.78 Å². The van der Waals surface area contributed by atoms with Gasteiger partial charge in [-0.15, -0.1) is 0 Å². The number of hydrogen-bond acceptors (Lipinski definition) is 4. The maximum Gasteiger partial charge on any atom is 0.253 e. The lowest BCUT2D eigenvalue weighted by Gasteiger charge is -2.30. The van der Waals surface area contributed by atoms with Gasteiger partial charge in [0.15, 0.2) is 0 Å². The minimum absolute atomic E-state index is 0.0384. The Labute approximate surface area is 136 Å². The second-order valence-corrected chi connectivity index (χ2v) is 5.79. The summed E-state index contributed by atoms with van der Waals surface area (Å²) in [6, 6.07) is 13.0. The summed E-state index contributed by atoms with van der Waals surface area (Å²) in [5, 5.41) is 0. The first-order valence-electron chi connectivity index (χ1n) is 7.90. The molecular formula is C18H21N3O2. The summed E-state index contributed by atoms with van der Waals surface area (Å²) < 4.78 is 5.68. The minimum Gasteiger partial charge on any atom is -0.487 e. The fourth-order valence-corrected chi connectivity index (χ4v) is 2.71. The molecule has 2 N–H and O–H groups in total. The molecule has 3 rings (SSSR count). The third-order valence-corrected chi connectivity index (χ3v) is 3.96. The molecule has 0 radical (unpaired) electrons. The lowest BCUT2D eigenvalue weighted by Crippen LogP contribution is -2.45. The number of aromatic nitrogens is 1. The van der Waals surface area contributed by atoms with Gasteiger partial charge in [0.1, 0.15) is 12.4 Å². The van der Waals surface area contributed by atoms with Crippen molar-refractivity contribution < 1.29 is 9.53 Å². The fraction of sp³-hybridized carbons (Fsp3) is 0.333.